The van der Waals surface area contributed by atoms with Gasteiger partial charge in [0.25, 0.3) is 6.43 Å². The highest BCUT2D eigenvalue weighted by molar-refractivity contribution is 7.71. The van der Waals surface area contributed by atoms with Crippen LogP contribution in [0.5, 0.6) is 0 Å². The molecule has 0 bridgehead atoms. The van der Waals surface area contributed by atoms with Crippen LogP contribution in [0, 0.1) is 10.6 Å². The summed E-state index contributed by atoms with van der Waals surface area (Å²) in [4.78, 5) is 2.68. The van der Waals surface area contributed by atoms with Gasteiger partial charge in [-0.3, -0.25) is 0 Å². The quantitative estimate of drug-likeness (QED) is 0.789. The monoisotopic (exact) mass is 232 g/mol. The molecule has 2 aromatic rings. The molecule has 1 heterocycles. The number of halogens is 3. The Bertz CT molecular complexity index is 544. The zero-order valence-corrected chi connectivity index (χ0v) is 8.32. The second-order valence-electron chi connectivity index (χ2n) is 3.09. The summed E-state index contributed by atoms with van der Waals surface area (Å²) in [5.41, 5.74) is 0.919. The van der Waals surface area contributed by atoms with Crippen LogP contribution in [-0.4, -0.2) is 16.0 Å². The molecule has 1 N–H and O–H groups in total. The summed E-state index contributed by atoms with van der Waals surface area (Å²) in [6.45, 7) is -0.482. The van der Waals surface area contributed by atoms with Crippen molar-refractivity contribution in [3.8, 4) is 0 Å². The van der Waals surface area contributed by atoms with E-state index in [1.807, 2.05) is 0 Å². The number of alkyl halides is 2. The Morgan fingerprint density at radius 1 is 1.40 bits per heavy atom. The lowest BCUT2D eigenvalue weighted by atomic mass is 10.3. The maximum atomic E-state index is 12.8. The number of aromatic amines is 1. The van der Waals surface area contributed by atoms with Gasteiger partial charge in [-0.15, -0.1) is 0 Å². The molecule has 1 aromatic heterocycles. The molecule has 0 spiro atoms. The molecule has 0 saturated carbocycles. The molecule has 0 atom stereocenters. The zero-order chi connectivity index (χ0) is 11.0. The fourth-order valence-electron chi connectivity index (χ4n) is 1.46. The first-order chi connectivity index (χ1) is 7.08. The van der Waals surface area contributed by atoms with Gasteiger partial charge in [0.2, 0.25) is 0 Å². The Hall–Kier alpha value is -1.30. The largest absolute Gasteiger partial charge is 0.330 e. The topological polar surface area (TPSA) is 20.7 Å². The van der Waals surface area contributed by atoms with Crippen molar-refractivity contribution < 1.29 is 13.2 Å². The van der Waals surface area contributed by atoms with Gasteiger partial charge < -0.3 is 9.55 Å². The lowest BCUT2D eigenvalue weighted by Crippen LogP contribution is -2.06. The van der Waals surface area contributed by atoms with Gasteiger partial charge in [-0.05, 0) is 30.4 Å². The minimum Gasteiger partial charge on any atom is -0.330 e. The lowest BCUT2D eigenvalue weighted by molar-refractivity contribution is 0.127. The summed E-state index contributed by atoms with van der Waals surface area (Å²) in [6.07, 6.45) is -2.49. The summed E-state index contributed by atoms with van der Waals surface area (Å²) >= 11 is 4.87. The van der Waals surface area contributed by atoms with E-state index in [1.54, 1.807) is 0 Å². The highest BCUT2D eigenvalue weighted by atomic mass is 32.1. The molecule has 80 valence electrons. The molecule has 0 fully saturated rings. The first-order valence-corrected chi connectivity index (χ1v) is 4.65. The molecule has 0 radical (unpaired) electrons. The van der Waals surface area contributed by atoms with E-state index in [2.05, 4.69) is 4.98 Å². The number of fused-ring (bicyclic) bond motifs is 1. The van der Waals surface area contributed by atoms with E-state index in [0.717, 1.165) is 0 Å². The van der Waals surface area contributed by atoms with E-state index >= 15 is 0 Å². The van der Waals surface area contributed by atoms with Crippen LogP contribution in [0.3, 0.4) is 0 Å². The number of nitrogens with zero attached hydrogens (tertiary/aromatic N) is 1. The number of rotatable bonds is 2. The molecular weight excluding hydrogens is 225 g/mol. The van der Waals surface area contributed by atoms with Crippen molar-refractivity contribution >= 4 is 23.3 Å². The molecule has 0 aliphatic rings. The molecule has 2 rings (SSSR count). The van der Waals surface area contributed by atoms with Crippen molar-refractivity contribution in [1.82, 2.24) is 9.55 Å². The third-order valence-electron chi connectivity index (χ3n) is 2.06. The Kier molecular flexibility index (Phi) is 2.52. The van der Waals surface area contributed by atoms with Gasteiger partial charge in [-0.2, -0.15) is 0 Å². The van der Waals surface area contributed by atoms with Crippen LogP contribution in [0.2, 0.25) is 0 Å². The van der Waals surface area contributed by atoms with Gasteiger partial charge in [0.15, 0.2) is 4.77 Å². The predicted molar refractivity (Wildman–Crippen MR) is 53.1 cm³/mol. The van der Waals surface area contributed by atoms with Gasteiger partial charge in [-0.1, -0.05) is 0 Å². The van der Waals surface area contributed by atoms with E-state index < -0.39 is 18.8 Å². The summed E-state index contributed by atoms with van der Waals surface area (Å²) in [5.74, 6) is -0.428. The highest BCUT2D eigenvalue weighted by Gasteiger charge is 2.09. The number of imidazole rings is 1. The van der Waals surface area contributed by atoms with Crippen molar-refractivity contribution in [2.75, 3.05) is 0 Å². The Morgan fingerprint density at radius 2 is 2.13 bits per heavy atom. The van der Waals surface area contributed by atoms with E-state index in [1.165, 1.54) is 22.8 Å². The fourth-order valence-corrected chi connectivity index (χ4v) is 1.74. The average Bonchev–Trinajstić information content (AvgIpc) is 2.41. The molecule has 0 aliphatic heterocycles. The standard InChI is InChI=1S/C9H7F3N2S/c10-5-1-2-7-6(3-5)13-9(15)14(7)4-8(11)12/h1-3,8H,4H2,(H,13,15). The minimum absolute atomic E-state index is 0.177. The lowest BCUT2D eigenvalue weighted by Gasteiger charge is -2.02. The highest BCUT2D eigenvalue weighted by Crippen LogP contribution is 2.16. The van der Waals surface area contributed by atoms with Crippen LogP contribution in [0.15, 0.2) is 18.2 Å². The maximum absolute atomic E-state index is 12.8. The molecule has 0 amide bonds. The van der Waals surface area contributed by atoms with Crippen LogP contribution in [0.1, 0.15) is 0 Å². The molecule has 0 unspecified atom stereocenters. The number of nitrogens with one attached hydrogen (secondary N) is 1. The van der Waals surface area contributed by atoms with Gasteiger partial charge in [0.05, 0.1) is 17.6 Å². The van der Waals surface area contributed by atoms with Crippen molar-refractivity contribution in [3.05, 3.63) is 28.8 Å². The molecule has 2 nitrogen and oxygen atoms in total. The molecule has 1 aromatic carbocycles. The number of hydrogen-bond donors (Lipinski definition) is 1. The third kappa shape index (κ3) is 1.90. The van der Waals surface area contributed by atoms with E-state index in [-0.39, 0.29) is 4.77 Å². The fraction of sp³-hybridized carbons (Fsp3) is 0.222. The van der Waals surface area contributed by atoms with Crippen LogP contribution in [0.25, 0.3) is 11.0 Å². The van der Waals surface area contributed by atoms with Crippen LogP contribution >= 0.6 is 12.2 Å². The van der Waals surface area contributed by atoms with Gasteiger partial charge in [-0.25, -0.2) is 13.2 Å². The Labute approximate surface area is 88.3 Å². The first-order valence-electron chi connectivity index (χ1n) is 4.24. The van der Waals surface area contributed by atoms with E-state index in [9.17, 15) is 13.2 Å². The van der Waals surface area contributed by atoms with Crippen molar-refractivity contribution in [2.45, 2.75) is 13.0 Å². The minimum atomic E-state index is -2.49. The van der Waals surface area contributed by atoms with E-state index in [0.29, 0.717) is 11.0 Å². The molecule has 15 heavy (non-hydrogen) atoms. The van der Waals surface area contributed by atoms with Crippen molar-refractivity contribution in [2.24, 2.45) is 0 Å². The third-order valence-corrected chi connectivity index (χ3v) is 2.38. The SMILES string of the molecule is Fc1ccc2c(c1)[nH]c(=S)n2CC(F)F. The number of aromatic nitrogens is 2. The Morgan fingerprint density at radius 3 is 2.80 bits per heavy atom. The number of H-pyrrole nitrogens is 1. The number of hydrogen-bond acceptors (Lipinski definition) is 1. The van der Waals surface area contributed by atoms with Gasteiger partial charge in [0.1, 0.15) is 5.82 Å². The zero-order valence-electron chi connectivity index (χ0n) is 7.51. The Balaban J connectivity index is 2.63. The second-order valence-corrected chi connectivity index (χ2v) is 3.48. The van der Waals surface area contributed by atoms with Crippen LogP contribution < -0.4 is 0 Å². The van der Waals surface area contributed by atoms with Crippen molar-refractivity contribution in [3.63, 3.8) is 0 Å². The smallest absolute Gasteiger partial charge is 0.256 e. The van der Waals surface area contributed by atoms with Gasteiger partial charge in [0, 0.05) is 0 Å². The summed E-state index contributed by atoms with van der Waals surface area (Å²) in [6, 6.07) is 3.87. The summed E-state index contributed by atoms with van der Waals surface area (Å²) in [5, 5.41) is 0. The van der Waals surface area contributed by atoms with E-state index in [4.69, 9.17) is 12.2 Å². The molecule has 6 heteroatoms. The molecular formula is C9H7F3N2S. The summed E-state index contributed by atoms with van der Waals surface area (Å²) < 4.78 is 38.7. The van der Waals surface area contributed by atoms with Crippen molar-refractivity contribution in [1.29, 1.82) is 0 Å². The van der Waals surface area contributed by atoms with Crippen LogP contribution in [0.4, 0.5) is 13.2 Å². The summed E-state index contributed by atoms with van der Waals surface area (Å²) in [7, 11) is 0. The van der Waals surface area contributed by atoms with Gasteiger partial charge >= 0.3 is 0 Å². The normalized spacial score (nSPS) is 11.5. The maximum Gasteiger partial charge on any atom is 0.256 e. The average molecular weight is 232 g/mol. The molecule has 0 aliphatic carbocycles. The molecule has 0 saturated heterocycles. The van der Waals surface area contributed by atoms with Crippen LogP contribution in [-0.2, 0) is 6.54 Å². The first kappa shape index (κ1) is 10.2. The second kappa shape index (κ2) is 3.69. The number of benzene rings is 1. The predicted octanol–water partition coefficient (Wildman–Crippen LogP) is 3.10.